The van der Waals surface area contributed by atoms with Crippen molar-refractivity contribution in [2.24, 2.45) is 0 Å². The van der Waals surface area contributed by atoms with Crippen LogP contribution in [0.3, 0.4) is 0 Å². The van der Waals surface area contributed by atoms with E-state index >= 15 is 0 Å². The van der Waals surface area contributed by atoms with E-state index in [1.54, 1.807) is 6.20 Å². The summed E-state index contributed by atoms with van der Waals surface area (Å²) in [5.41, 5.74) is 6.86. The second-order valence-electron chi connectivity index (χ2n) is 11.4. The van der Waals surface area contributed by atoms with Crippen LogP contribution in [0, 0.1) is 0 Å². The van der Waals surface area contributed by atoms with E-state index in [9.17, 15) is 0 Å². The van der Waals surface area contributed by atoms with E-state index in [1.165, 1.54) is 30.4 Å². The van der Waals surface area contributed by atoms with Crippen molar-refractivity contribution in [1.82, 2.24) is 24.8 Å². The summed E-state index contributed by atoms with van der Waals surface area (Å²) in [5, 5.41) is 5.14. The molecule has 1 saturated heterocycles. The third-order valence-corrected chi connectivity index (χ3v) is 8.68. The number of fused-ring (bicyclic) bond motifs is 1. The third-order valence-electron chi connectivity index (χ3n) is 8.41. The van der Waals surface area contributed by atoms with Gasteiger partial charge < -0.3 is 10.3 Å². The van der Waals surface area contributed by atoms with Crippen LogP contribution in [0.25, 0.3) is 22.2 Å². The predicted octanol–water partition coefficient (Wildman–Crippen LogP) is 7.21. The minimum Gasteiger partial charge on any atom is -0.360 e. The lowest BCUT2D eigenvalue weighted by Crippen LogP contribution is -2.54. The molecule has 198 valence electrons. The van der Waals surface area contributed by atoms with E-state index in [2.05, 4.69) is 76.2 Å². The van der Waals surface area contributed by atoms with Crippen molar-refractivity contribution in [2.45, 2.75) is 58.0 Å². The topological polar surface area (TPSA) is 60.1 Å². The van der Waals surface area contributed by atoms with E-state index in [0.29, 0.717) is 16.9 Å². The number of para-hydroxylation sites is 1. The Morgan fingerprint density at radius 2 is 1.87 bits per heavy atom. The Morgan fingerprint density at radius 1 is 1.08 bits per heavy atom. The van der Waals surface area contributed by atoms with Gasteiger partial charge in [0, 0.05) is 66.6 Å². The van der Waals surface area contributed by atoms with Crippen LogP contribution in [0.15, 0.2) is 54.9 Å². The molecule has 4 aromatic rings. The molecule has 1 aliphatic heterocycles. The van der Waals surface area contributed by atoms with Crippen molar-refractivity contribution < 1.29 is 0 Å². The molecule has 1 aliphatic carbocycles. The molecule has 0 spiro atoms. The first-order valence-electron chi connectivity index (χ1n) is 13.9. The zero-order valence-corrected chi connectivity index (χ0v) is 23.4. The second-order valence-corrected chi connectivity index (χ2v) is 11.8. The average molecular weight is 529 g/mol. The van der Waals surface area contributed by atoms with Gasteiger partial charge >= 0.3 is 0 Å². The lowest BCUT2D eigenvalue weighted by molar-refractivity contribution is 0.0471. The average Bonchev–Trinajstić information content (AvgIpc) is 3.69. The summed E-state index contributed by atoms with van der Waals surface area (Å²) in [4.78, 5) is 17.9. The van der Waals surface area contributed by atoms with Gasteiger partial charge in [-0.15, -0.1) is 0 Å². The van der Waals surface area contributed by atoms with Crippen LogP contribution in [0.4, 0.5) is 11.6 Å². The molecule has 0 amide bonds. The first-order valence-corrected chi connectivity index (χ1v) is 14.2. The number of hydrogen-bond acceptors (Lipinski definition) is 5. The summed E-state index contributed by atoms with van der Waals surface area (Å²) in [5.74, 6) is 1.23. The number of piperazine rings is 1. The standard InChI is InChI=1S/C31H37ClN6/c1-4-31(2,3)38-13-11-37(12-14-38)20-21-15-23(22-9-10-22)17-24(16-21)35-30-34-19-27(32)29(36-30)26-18-33-28-8-6-5-7-25(26)28/h5-8,15-19,22,33H,4,9-14,20H2,1-3H3,(H,34,35,36). The molecule has 2 aromatic carbocycles. The van der Waals surface area contributed by atoms with E-state index in [0.717, 1.165) is 60.6 Å². The zero-order chi connectivity index (χ0) is 26.3. The molecule has 2 aromatic heterocycles. The monoisotopic (exact) mass is 528 g/mol. The van der Waals surface area contributed by atoms with Crippen molar-refractivity contribution in [2.75, 3.05) is 31.5 Å². The van der Waals surface area contributed by atoms with Gasteiger partial charge in [-0.1, -0.05) is 42.8 Å². The maximum atomic E-state index is 6.57. The summed E-state index contributed by atoms with van der Waals surface area (Å²) in [6, 6.07) is 15.1. The number of halogens is 1. The van der Waals surface area contributed by atoms with Gasteiger partial charge in [0.25, 0.3) is 0 Å². The molecule has 0 radical (unpaired) electrons. The maximum absolute atomic E-state index is 6.57. The molecule has 2 N–H and O–H groups in total. The minimum absolute atomic E-state index is 0.277. The second kappa shape index (κ2) is 10.3. The fourth-order valence-corrected chi connectivity index (χ4v) is 5.73. The number of rotatable bonds is 8. The van der Waals surface area contributed by atoms with E-state index in [4.69, 9.17) is 16.6 Å². The van der Waals surface area contributed by atoms with E-state index in [1.807, 2.05) is 18.3 Å². The molecular weight excluding hydrogens is 492 g/mol. The smallest absolute Gasteiger partial charge is 0.227 e. The highest BCUT2D eigenvalue weighted by Crippen LogP contribution is 2.42. The Bertz CT molecular complexity index is 1430. The van der Waals surface area contributed by atoms with Crippen molar-refractivity contribution in [3.8, 4) is 11.3 Å². The quantitative estimate of drug-likeness (QED) is 0.253. The highest BCUT2D eigenvalue weighted by Gasteiger charge is 2.29. The molecule has 3 heterocycles. The predicted molar refractivity (Wildman–Crippen MR) is 157 cm³/mol. The zero-order valence-electron chi connectivity index (χ0n) is 22.6. The lowest BCUT2D eigenvalue weighted by Gasteiger charge is -2.43. The van der Waals surface area contributed by atoms with Crippen molar-refractivity contribution >= 4 is 34.1 Å². The van der Waals surface area contributed by atoms with Crippen molar-refractivity contribution in [3.63, 3.8) is 0 Å². The highest BCUT2D eigenvalue weighted by molar-refractivity contribution is 6.33. The van der Waals surface area contributed by atoms with Crippen LogP contribution in [0.5, 0.6) is 0 Å². The van der Waals surface area contributed by atoms with Gasteiger partial charge in [0.2, 0.25) is 5.95 Å². The Labute approximate surface area is 230 Å². The van der Waals surface area contributed by atoms with Gasteiger partial charge in [-0.25, -0.2) is 9.97 Å². The Kier molecular flexibility index (Phi) is 6.89. The van der Waals surface area contributed by atoms with Crippen LogP contribution < -0.4 is 5.32 Å². The molecule has 0 bridgehead atoms. The summed E-state index contributed by atoms with van der Waals surface area (Å²) in [6.45, 7) is 12.5. The lowest BCUT2D eigenvalue weighted by atomic mass is 9.98. The SMILES string of the molecule is CCC(C)(C)N1CCN(Cc2cc(Nc3ncc(Cl)c(-c4c[nH]c5ccccc45)n3)cc(C3CC3)c2)CC1. The van der Waals surface area contributed by atoms with E-state index in [-0.39, 0.29) is 5.54 Å². The maximum Gasteiger partial charge on any atom is 0.227 e. The number of nitrogens with one attached hydrogen (secondary N) is 2. The highest BCUT2D eigenvalue weighted by atomic mass is 35.5. The first kappa shape index (κ1) is 25.4. The molecule has 6 nitrogen and oxygen atoms in total. The number of nitrogens with zero attached hydrogens (tertiary/aromatic N) is 4. The fourth-order valence-electron chi connectivity index (χ4n) is 5.54. The van der Waals surface area contributed by atoms with E-state index < -0.39 is 0 Å². The van der Waals surface area contributed by atoms with Gasteiger partial charge in [0.05, 0.1) is 16.9 Å². The summed E-state index contributed by atoms with van der Waals surface area (Å²) >= 11 is 6.57. The fraction of sp³-hybridized carbons (Fsp3) is 0.419. The van der Waals surface area contributed by atoms with Gasteiger partial charge in [0.15, 0.2) is 0 Å². The molecule has 2 aliphatic rings. The van der Waals surface area contributed by atoms with Crippen LogP contribution in [-0.2, 0) is 6.54 Å². The van der Waals surface area contributed by atoms with Gasteiger partial charge in [-0.2, -0.15) is 0 Å². The molecule has 7 heteroatoms. The first-order chi connectivity index (χ1) is 18.4. The van der Waals surface area contributed by atoms with Crippen molar-refractivity contribution in [3.05, 3.63) is 71.0 Å². The van der Waals surface area contributed by atoms with Crippen LogP contribution in [-0.4, -0.2) is 56.5 Å². The number of H-pyrrole nitrogens is 1. The molecule has 0 unspecified atom stereocenters. The number of aromatic nitrogens is 3. The Balaban J connectivity index is 1.22. The van der Waals surface area contributed by atoms with Crippen molar-refractivity contribution in [1.29, 1.82) is 0 Å². The molecule has 1 saturated carbocycles. The normalized spacial score (nSPS) is 17.3. The number of anilines is 2. The van der Waals surface area contributed by atoms with Crippen LogP contribution in [0.2, 0.25) is 5.02 Å². The minimum atomic E-state index is 0.277. The van der Waals surface area contributed by atoms with Crippen LogP contribution >= 0.6 is 11.6 Å². The largest absolute Gasteiger partial charge is 0.360 e. The number of benzene rings is 2. The number of aromatic amines is 1. The summed E-state index contributed by atoms with van der Waals surface area (Å²) < 4.78 is 0. The molecule has 2 fully saturated rings. The molecule has 38 heavy (non-hydrogen) atoms. The van der Waals surface area contributed by atoms with Crippen LogP contribution in [0.1, 0.15) is 57.1 Å². The Morgan fingerprint density at radius 3 is 2.63 bits per heavy atom. The summed E-state index contributed by atoms with van der Waals surface area (Å²) in [7, 11) is 0. The molecule has 6 rings (SSSR count). The number of hydrogen-bond donors (Lipinski definition) is 2. The summed E-state index contributed by atoms with van der Waals surface area (Å²) in [6.07, 6.45) is 7.39. The molecular formula is C31H37ClN6. The molecule has 0 atom stereocenters. The van der Waals surface area contributed by atoms with Gasteiger partial charge in [0.1, 0.15) is 0 Å². The van der Waals surface area contributed by atoms with Gasteiger partial charge in [-0.3, -0.25) is 9.80 Å². The Hall–Kier alpha value is -2.93. The third kappa shape index (κ3) is 5.31. The van der Waals surface area contributed by atoms with Gasteiger partial charge in [-0.05, 0) is 68.4 Å².